The number of hydrogen-bond acceptors (Lipinski definition) is 4. The van der Waals surface area contributed by atoms with Gasteiger partial charge in [-0.2, -0.15) is 0 Å². The van der Waals surface area contributed by atoms with Crippen molar-refractivity contribution in [2.75, 3.05) is 27.2 Å². The van der Waals surface area contributed by atoms with Crippen LogP contribution >= 0.6 is 0 Å². The van der Waals surface area contributed by atoms with Crippen molar-refractivity contribution in [1.29, 1.82) is 0 Å². The lowest BCUT2D eigenvalue weighted by atomic mass is 10.0. The Bertz CT molecular complexity index is 1240. The number of non-ortho nitro benzene ring substituents is 1. The Morgan fingerprint density at radius 1 is 1.11 bits per heavy atom. The summed E-state index contributed by atoms with van der Waals surface area (Å²) in [5.41, 5.74) is 3.49. The maximum atomic E-state index is 11.6. The van der Waals surface area contributed by atoms with Crippen LogP contribution in [0.15, 0.2) is 48.5 Å². The topological polar surface area (TPSA) is 54.6 Å². The van der Waals surface area contributed by atoms with E-state index < -0.39 is 0 Å². The zero-order chi connectivity index (χ0) is 19.4. The number of aromatic nitrogens is 1. The minimum Gasteiger partial charge on any atom is -0.326 e. The SMILES string of the molecule is CN(C)CCN1Cc2cc([N+](=O)[O-])cc3c4c5ccccc5ccc4n(c23)C1. The third-order valence-electron chi connectivity index (χ3n) is 5.72. The van der Waals surface area contributed by atoms with E-state index in [4.69, 9.17) is 0 Å². The fraction of sp³-hybridized carbons (Fsp3) is 0.273. The summed E-state index contributed by atoms with van der Waals surface area (Å²) in [5.74, 6) is 0. The molecule has 28 heavy (non-hydrogen) atoms. The van der Waals surface area contributed by atoms with E-state index in [1.54, 1.807) is 12.1 Å². The van der Waals surface area contributed by atoms with Crippen LogP contribution in [0.4, 0.5) is 5.69 Å². The summed E-state index contributed by atoms with van der Waals surface area (Å²) in [4.78, 5) is 15.9. The minimum absolute atomic E-state index is 0.170. The van der Waals surface area contributed by atoms with Gasteiger partial charge in [0.2, 0.25) is 0 Å². The van der Waals surface area contributed by atoms with Gasteiger partial charge in [0.15, 0.2) is 0 Å². The first kappa shape index (κ1) is 17.2. The molecule has 0 atom stereocenters. The molecule has 3 aromatic carbocycles. The highest BCUT2D eigenvalue weighted by Crippen LogP contribution is 2.40. The molecule has 2 heterocycles. The smallest absolute Gasteiger partial charge is 0.270 e. The zero-order valence-corrected chi connectivity index (χ0v) is 16.1. The Morgan fingerprint density at radius 3 is 2.71 bits per heavy atom. The zero-order valence-electron chi connectivity index (χ0n) is 16.1. The first-order valence-electron chi connectivity index (χ1n) is 9.51. The summed E-state index contributed by atoms with van der Waals surface area (Å²) in [6.07, 6.45) is 0. The molecule has 1 aromatic heterocycles. The van der Waals surface area contributed by atoms with Gasteiger partial charge in [-0.25, -0.2) is 0 Å². The van der Waals surface area contributed by atoms with Crippen LogP contribution in [0.1, 0.15) is 5.56 Å². The molecule has 0 spiro atoms. The van der Waals surface area contributed by atoms with E-state index in [1.165, 1.54) is 0 Å². The van der Waals surface area contributed by atoms with Gasteiger partial charge in [0.25, 0.3) is 5.69 Å². The van der Waals surface area contributed by atoms with E-state index in [1.807, 2.05) is 12.1 Å². The maximum Gasteiger partial charge on any atom is 0.270 e. The van der Waals surface area contributed by atoms with Crippen LogP contribution in [0.5, 0.6) is 0 Å². The van der Waals surface area contributed by atoms with Crippen molar-refractivity contribution in [2.24, 2.45) is 0 Å². The van der Waals surface area contributed by atoms with Gasteiger partial charge in [-0.15, -0.1) is 0 Å². The fourth-order valence-corrected chi connectivity index (χ4v) is 4.43. The molecule has 0 saturated heterocycles. The monoisotopic (exact) mass is 374 g/mol. The lowest BCUT2D eigenvalue weighted by Crippen LogP contribution is -2.35. The molecule has 0 aliphatic carbocycles. The number of hydrogen-bond donors (Lipinski definition) is 0. The Balaban J connectivity index is 1.82. The first-order chi connectivity index (χ1) is 13.5. The number of rotatable bonds is 4. The van der Waals surface area contributed by atoms with Gasteiger partial charge < -0.3 is 9.47 Å². The van der Waals surface area contributed by atoms with Crippen molar-refractivity contribution in [3.63, 3.8) is 0 Å². The van der Waals surface area contributed by atoms with Crippen molar-refractivity contribution >= 4 is 38.3 Å². The highest BCUT2D eigenvalue weighted by molar-refractivity contribution is 6.21. The Hall–Kier alpha value is -2.96. The summed E-state index contributed by atoms with van der Waals surface area (Å²) in [6, 6.07) is 16.1. The maximum absolute atomic E-state index is 11.6. The third kappa shape index (κ3) is 2.57. The molecule has 0 amide bonds. The first-order valence-corrected chi connectivity index (χ1v) is 9.51. The molecule has 0 saturated carbocycles. The van der Waals surface area contributed by atoms with Crippen molar-refractivity contribution in [2.45, 2.75) is 13.2 Å². The number of nitrogens with zero attached hydrogens (tertiary/aromatic N) is 4. The van der Waals surface area contributed by atoms with Crippen LogP contribution in [0.25, 0.3) is 32.6 Å². The van der Waals surface area contributed by atoms with Crippen molar-refractivity contribution in [3.8, 4) is 0 Å². The number of nitro groups is 1. The Kier molecular flexibility index (Phi) is 3.86. The molecule has 4 aromatic rings. The Labute approximate surface area is 162 Å². The molecule has 0 unspecified atom stereocenters. The van der Waals surface area contributed by atoms with Gasteiger partial charge in [0.05, 0.1) is 22.6 Å². The molecule has 142 valence electrons. The molecule has 1 aliphatic rings. The van der Waals surface area contributed by atoms with Crippen LogP contribution in [0.2, 0.25) is 0 Å². The molecule has 0 bridgehead atoms. The fourth-order valence-electron chi connectivity index (χ4n) is 4.43. The van der Waals surface area contributed by atoms with Crippen LogP contribution < -0.4 is 0 Å². The van der Waals surface area contributed by atoms with Gasteiger partial charge in [-0.3, -0.25) is 15.0 Å². The molecule has 0 fully saturated rings. The average molecular weight is 374 g/mol. The molecule has 0 radical (unpaired) electrons. The van der Waals surface area contributed by atoms with E-state index in [2.05, 4.69) is 52.7 Å². The second-order valence-corrected chi connectivity index (χ2v) is 7.86. The highest BCUT2D eigenvalue weighted by atomic mass is 16.6. The number of fused-ring (bicyclic) bond motifs is 5. The van der Waals surface area contributed by atoms with E-state index in [9.17, 15) is 10.1 Å². The van der Waals surface area contributed by atoms with E-state index >= 15 is 0 Å². The third-order valence-corrected chi connectivity index (χ3v) is 5.72. The normalized spacial score (nSPS) is 14.5. The summed E-state index contributed by atoms with van der Waals surface area (Å²) in [5, 5.41) is 16.0. The van der Waals surface area contributed by atoms with E-state index in [0.717, 1.165) is 64.4 Å². The lowest BCUT2D eigenvalue weighted by molar-refractivity contribution is -0.384. The molecule has 5 rings (SSSR count). The number of benzene rings is 3. The van der Waals surface area contributed by atoms with Crippen LogP contribution in [0, 0.1) is 10.1 Å². The second-order valence-electron chi connectivity index (χ2n) is 7.86. The highest BCUT2D eigenvalue weighted by Gasteiger charge is 2.25. The van der Waals surface area contributed by atoms with Crippen molar-refractivity contribution < 1.29 is 4.92 Å². The van der Waals surface area contributed by atoms with Crippen molar-refractivity contribution in [1.82, 2.24) is 14.4 Å². The summed E-state index contributed by atoms with van der Waals surface area (Å²) in [6.45, 7) is 3.41. The summed E-state index contributed by atoms with van der Waals surface area (Å²) < 4.78 is 2.33. The predicted molar refractivity (Wildman–Crippen MR) is 113 cm³/mol. The van der Waals surface area contributed by atoms with Crippen LogP contribution in [-0.4, -0.2) is 46.5 Å². The van der Waals surface area contributed by atoms with Crippen molar-refractivity contribution in [3.05, 3.63) is 64.2 Å². The number of likely N-dealkylation sites (N-methyl/N-ethyl adjacent to an activating group) is 1. The largest absolute Gasteiger partial charge is 0.326 e. The van der Waals surface area contributed by atoms with Gasteiger partial charge in [0.1, 0.15) is 0 Å². The lowest BCUT2D eigenvalue weighted by Gasteiger charge is -2.30. The van der Waals surface area contributed by atoms with E-state index in [-0.39, 0.29) is 10.6 Å². The minimum atomic E-state index is -0.275. The van der Waals surface area contributed by atoms with Gasteiger partial charge in [-0.05, 0) is 36.5 Å². The quantitative estimate of drug-likeness (QED) is 0.397. The van der Waals surface area contributed by atoms with Crippen LogP contribution in [-0.2, 0) is 13.2 Å². The van der Waals surface area contributed by atoms with Crippen LogP contribution in [0.3, 0.4) is 0 Å². The Morgan fingerprint density at radius 2 is 1.93 bits per heavy atom. The molecule has 1 aliphatic heterocycles. The van der Waals surface area contributed by atoms with Gasteiger partial charge >= 0.3 is 0 Å². The van der Waals surface area contributed by atoms with Gasteiger partial charge in [0, 0.05) is 42.5 Å². The predicted octanol–water partition coefficient (Wildman–Crippen LogP) is 4.19. The standard InChI is InChI=1S/C22H22N4O2/c1-23(2)9-10-24-13-16-11-17(26(27)28)12-19-21-18-6-4-3-5-15(18)7-8-20(21)25(14-24)22(16)19/h3-8,11-12H,9-10,13-14H2,1-2H3. The second kappa shape index (κ2) is 6.29. The summed E-state index contributed by atoms with van der Waals surface area (Å²) >= 11 is 0. The summed E-state index contributed by atoms with van der Waals surface area (Å²) in [7, 11) is 4.14. The molecule has 6 nitrogen and oxygen atoms in total. The molecule has 0 N–H and O–H groups in total. The van der Waals surface area contributed by atoms with E-state index in [0.29, 0.717) is 0 Å². The molecular weight excluding hydrogens is 352 g/mol. The molecular formula is C22H22N4O2. The molecule has 6 heteroatoms. The average Bonchev–Trinajstić information content (AvgIpc) is 3.01. The number of nitro benzene ring substituents is 1. The van der Waals surface area contributed by atoms with Gasteiger partial charge in [-0.1, -0.05) is 30.3 Å².